The van der Waals surface area contributed by atoms with Crippen LogP contribution >= 0.6 is 0 Å². The number of carbonyl (C=O) groups excluding carboxylic acids is 1. The van der Waals surface area contributed by atoms with Crippen molar-refractivity contribution in [1.29, 1.82) is 0 Å². The third kappa shape index (κ3) is 3.98. The summed E-state index contributed by atoms with van der Waals surface area (Å²) in [5, 5.41) is 8.80. The quantitative estimate of drug-likeness (QED) is 0.743. The maximum Gasteiger partial charge on any atom is 0.410 e. The first-order chi connectivity index (χ1) is 7.31. The molecule has 3 N–H and O–H groups in total. The lowest BCUT2D eigenvalue weighted by Crippen LogP contribution is -2.53. The van der Waals surface area contributed by atoms with Crippen LogP contribution in [0.2, 0.25) is 0 Å². The third-order valence-electron chi connectivity index (χ3n) is 2.48. The topological polar surface area (TPSA) is 75.8 Å². The first-order valence-corrected chi connectivity index (χ1v) is 5.66. The van der Waals surface area contributed by atoms with Crippen molar-refractivity contribution < 1.29 is 14.6 Å². The normalized spacial score (nSPS) is 19.2. The molecular weight excluding hydrogens is 208 g/mol. The minimum Gasteiger partial charge on any atom is -0.444 e. The maximum atomic E-state index is 11.6. The van der Waals surface area contributed by atoms with Gasteiger partial charge in [-0.25, -0.2) is 4.79 Å². The molecule has 1 fully saturated rings. The molecule has 0 bridgehead atoms. The molecule has 5 nitrogen and oxygen atoms in total. The number of aliphatic hydroxyl groups is 1. The van der Waals surface area contributed by atoms with Crippen molar-refractivity contribution in [2.45, 2.75) is 38.8 Å². The molecular formula is C11H22N2O3. The molecule has 16 heavy (non-hydrogen) atoms. The van der Waals surface area contributed by atoms with Crippen molar-refractivity contribution in [1.82, 2.24) is 4.90 Å². The monoisotopic (exact) mass is 230 g/mol. The van der Waals surface area contributed by atoms with Crippen LogP contribution < -0.4 is 5.73 Å². The van der Waals surface area contributed by atoms with Crippen LogP contribution in [0.3, 0.4) is 0 Å². The van der Waals surface area contributed by atoms with Gasteiger partial charge in [-0.2, -0.15) is 0 Å². The number of nitrogens with two attached hydrogens (primary N) is 1. The van der Waals surface area contributed by atoms with Crippen LogP contribution in [0.1, 0.15) is 27.2 Å². The van der Waals surface area contributed by atoms with E-state index in [-0.39, 0.29) is 18.7 Å². The standard InChI is InChI=1S/C11H22N2O3/c1-11(2,3)16-10(15)13-5-8(6-13)4-9(12)7-14/h8-9,14H,4-7,12H2,1-3H3/t9-/m1/s1. The average molecular weight is 230 g/mol. The largest absolute Gasteiger partial charge is 0.444 e. The fraction of sp³-hybridized carbons (Fsp3) is 0.909. The molecule has 0 aliphatic carbocycles. The van der Waals surface area contributed by atoms with Gasteiger partial charge in [-0.3, -0.25) is 0 Å². The number of hydrogen-bond acceptors (Lipinski definition) is 4. The number of rotatable bonds is 3. The van der Waals surface area contributed by atoms with E-state index in [0.29, 0.717) is 19.0 Å². The smallest absolute Gasteiger partial charge is 0.410 e. The van der Waals surface area contributed by atoms with Crippen LogP contribution in [-0.2, 0) is 4.74 Å². The molecule has 0 saturated carbocycles. The van der Waals surface area contributed by atoms with Crippen LogP contribution in [0.15, 0.2) is 0 Å². The molecule has 1 amide bonds. The second kappa shape index (κ2) is 5.01. The Balaban J connectivity index is 2.23. The first-order valence-electron chi connectivity index (χ1n) is 5.66. The highest BCUT2D eigenvalue weighted by Crippen LogP contribution is 2.22. The zero-order chi connectivity index (χ0) is 12.3. The van der Waals surface area contributed by atoms with Crippen LogP contribution in [-0.4, -0.2) is 47.4 Å². The molecule has 5 heteroatoms. The summed E-state index contributed by atoms with van der Waals surface area (Å²) in [5.41, 5.74) is 5.18. The highest BCUT2D eigenvalue weighted by atomic mass is 16.6. The van der Waals surface area contributed by atoms with Crippen molar-refractivity contribution in [3.8, 4) is 0 Å². The van der Waals surface area contributed by atoms with E-state index >= 15 is 0 Å². The van der Waals surface area contributed by atoms with Crippen LogP contribution in [0.25, 0.3) is 0 Å². The third-order valence-corrected chi connectivity index (χ3v) is 2.48. The van der Waals surface area contributed by atoms with Gasteiger partial charge in [-0.05, 0) is 33.1 Å². The Labute approximate surface area is 96.6 Å². The lowest BCUT2D eigenvalue weighted by molar-refractivity contribution is -0.00371. The van der Waals surface area contributed by atoms with Gasteiger partial charge in [-0.15, -0.1) is 0 Å². The molecule has 1 aliphatic heterocycles. The average Bonchev–Trinajstić information content (AvgIpc) is 2.06. The van der Waals surface area contributed by atoms with E-state index in [1.165, 1.54) is 0 Å². The number of hydrogen-bond donors (Lipinski definition) is 2. The van der Waals surface area contributed by atoms with Gasteiger partial charge in [0.2, 0.25) is 0 Å². The number of aliphatic hydroxyl groups excluding tert-OH is 1. The summed E-state index contributed by atoms with van der Waals surface area (Å²) in [4.78, 5) is 13.2. The van der Waals surface area contributed by atoms with Crippen molar-refractivity contribution in [3.05, 3.63) is 0 Å². The minimum atomic E-state index is -0.441. The number of likely N-dealkylation sites (tertiary alicyclic amines) is 1. The van der Waals surface area contributed by atoms with Crippen molar-refractivity contribution >= 4 is 6.09 Å². The predicted octanol–water partition coefficient (Wildman–Crippen LogP) is 0.563. The Morgan fingerprint density at radius 3 is 2.56 bits per heavy atom. The molecule has 0 aromatic rings. The highest BCUT2D eigenvalue weighted by Gasteiger charge is 2.34. The van der Waals surface area contributed by atoms with Crippen molar-refractivity contribution in [2.24, 2.45) is 11.7 Å². The van der Waals surface area contributed by atoms with Gasteiger partial charge in [0, 0.05) is 19.1 Å². The molecule has 94 valence electrons. The van der Waals surface area contributed by atoms with Gasteiger partial charge in [0.1, 0.15) is 5.60 Å². The van der Waals surface area contributed by atoms with E-state index in [4.69, 9.17) is 15.6 Å². The van der Waals surface area contributed by atoms with Crippen molar-refractivity contribution in [2.75, 3.05) is 19.7 Å². The summed E-state index contributed by atoms with van der Waals surface area (Å²) >= 11 is 0. The zero-order valence-corrected chi connectivity index (χ0v) is 10.3. The van der Waals surface area contributed by atoms with E-state index in [2.05, 4.69) is 0 Å². The second-order valence-corrected chi connectivity index (χ2v) is 5.43. The lowest BCUT2D eigenvalue weighted by atomic mass is 9.93. The van der Waals surface area contributed by atoms with Gasteiger partial charge < -0.3 is 20.5 Å². The van der Waals surface area contributed by atoms with E-state index < -0.39 is 5.60 Å². The van der Waals surface area contributed by atoms with Gasteiger partial charge in [0.05, 0.1) is 6.61 Å². The van der Waals surface area contributed by atoms with Crippen LogP contribution in [0.4, 0.5) is 4.79 Å². The molecule has 0 spiro atoms. The fourth-order valence-electron chi connectivity index (χ4n) is 1.70. The predicted molar refractivity (Wildman–Crippen MR) is 61.0 cm³/mol. The Morgan fingerprint density at radius 1 is 1.56 bits per heavy atom. The Hall–Kier alpha value is -0.810. The SMILES string of the molecule is CC(C)(C)OC(=O)N1CC(C[C@@H](N)CO)C1. The van der Waals surface area contributed by atoms with Crippen molar-refractivity contribution in [3.63, 3.8) is 0 Å². The Bertz CT molecular complexity index is 244. The second-order valence-electron chi connectivity index (χ2n) is 5.43. The number of carbonyl (C=O) groups is 1. The highest BCUT2D eigenvalue weighted by molar-refractivity contribution is 5.69. The molecule has 1 heterocycles. The van der Waals surface area contributed by atoms with E-state index in [1.54, 1.807) is 4.90 Å². The summed E-state index contributed by atoms with van der Waals surface area (Å²) in [5.74, 6) is 0.398. The first kappa shape index (κ1) is 13.3. The molecule has 1 aliphatic rings. The Kier molecular flexibility index (Phi) is 4.15. The minimum absolute atomic E-state index is 0.00291. The molecule has 0 aromatic heterocycles. The van der Waals surface area contributed by atoms with Gasteiger partial charge >= 0.3 is 6.09 Å². The number of nitrogens with zero attached hydrogens (tertiary/aromatic N) is 1. The summed E-state index contributed by atoms with van der Waals surface area (Å²) in [6, 6.07) is -0.175. The molecule has 1 rings (SSSR count). The Morgan fingerprint density at radius 2 is 2.12 bits per heavy atom. The van der Waals surface area contributed by atoms with Gasteiger partial charge in [0.25, 0.3) is 0 Å². The number of amides is 1. The summed E-state index contributed by atoms with van der Waals surface area (Å²) in [6.07, 6.45) is 0.497. The van der Waals surface area contributed by atoms with Crippen LogP contribution in [0, 0.1) is 5.92 Å². The lowest BCUT2D eigenvalue weighted by Gasteiger charge is -2.40. The van der Waals surface area contributed by atoms with Gasteiger partial charge in [0.15, 0.2) is 0 Å². The summed E-state index contributed by atoms with van der Waals surface area (Å²) in [6.45, 7) is 6.92. The van der Waals surface area contributed by atoms with E-state index in [9.17, 15) is 4.79 Å². The fourth-order valence-corrected chi connectivity index (χ4v) is 1.70. The zero-order valence-electron chi connectivity index (χ0n) is 10.3. The van der Waals surface area contributed by atoms with Gasteiger partial charge in [-0.1, -0.05) is 0 Å². The molecule has 1 atom stereocenters. The molecule has 0 aromatic carbocycles. The molecule has 1 saturated heterocycles. The molecule has 0 unspecified atom stereocenters. The van der Waals surface area contributed by atoms with E-state index in [0.717, 1.165) is 6.42 Å². The summed E-state index contributed by atoms with van der Waals surface area (Å²) in [7, 11) is 0. The number of ether oxygens (including phenoxy) is 1. The van der Waals surface area contributed by atoms with Crippen LogP contribution in [0.5, 0.6) is 0 Å². The summed E-state index contributed by atoms with van der Waals surface area (Å²) < 4.78 is 5.23. The molecule has 0 radical (unpaired) electrons. The maximum absolute atomic E-state index is 11.6. The van der Waals surface area contributed by atoms with E-state index in [1.807, 2.05) is 20.8 Å².